The summed E-state index contributed by atoms with van der Waals surface area (Å²) in [5.41, 5.74) is 0.983. The highest BCUT2D eigenvalue weighted by atomic mass is 32.2. The topological polar surface area (TPSA) is 121 Å². The van der Waals surface area contributed by atoms with Crippen molar-refractivity contribution in [1.82, 2.24) is 14.4 Å². The van der Waals surface area contributed by atoms with Gasteiger partial charge in [-0.1, -0.05) is 5.16 Å². The van der Waals surface area contributed by atoms with Crippen LogP contribution in [-0.2, 0) is 27.7 Å². The molecule has 1 aliphatic carbocycles. The molecule has 144 valence electrons. The fourth-order valence-electron chi connectivity index (χ4n) is 3.69. The van der Waals surface area contributed by atoms with Crippen LogP contribution in [0.15, 0.2) is 4.52 Å². The van der Waals surface area contributed by atoms with Gasteiger partial charge in [0.15, 0.2) is 5.69 Å². The van der Waals surface area contributed by atoms with Gasteiger partial charge in [-0.25, -0.2) is 12.7 Å². The highest BCUT2D eigenvalue weighted by Crippen LogP contribution is 2.27. The molecule has 2 heterocycles. The average molecular weight is 385 g/mol. The zero-order chi connectivity index (χ0) is 18.9. The maximum absolute atomic E-state index is 13.0. The minimum Gasteiger partial charge on any atom is -0.480 e. The van der Waals surface area contributed by atoms with Crippen LogP contribution in [0.2, 0.25) is 0 Å². The van der Waals surface area contributed by atoms with Crippen molar-refractivity contribution in [3.8, 4) is 0 Å². The van der Waals surface area contributed by atoms with E-state index in [-0.39, 0.29) is 24.8 Å². The first-order valence-electron chi connectivity index (χ1n) is 8.72. The third-order valence-electron chi connectivity index (χ3n) is 5.05. The number of fused-ring (bicyclic) bond motifs is 1. The third-order valence-corrected chi connectivity index (χ3v) is 6.36. The molecule has 1 aliphatic heterocycles. The minimum atomic E-state index is -3.29. The molecule has 2 aliphatic rings. The molecule has 1 fully saturated rings. The number of carboxylic acids is 1. The number of hydrogen-bond donors (Lipinski definition) is 1. The van der Waals surface area contributed by atoms with Gasteiger partial charge in [0, 0.05) is 31.1 Å². The summed E-state index contributed by atoms with van der Waals surface area (Å²) in [6.07, 6.45) is 5.31. The average Bonchev–Trinajstić information content (AvgIpc) is 3.02. The second kappa shape index (κ2) is 7.36. The lowest BCUT2D eigenvalue weighted by Gasteiger charge is -2.36. The van der Waals surface area contributed by atoms with Crippen LogP contribution in [-0.4, -0.2) is 71.7 Å². The summed E-state index contributed by atoms with van der Waals surface area (Å²) in [6.45, 7) is 0.0949. The molecular weight excluding hydrogens is 362 g/mol. The molecule has 26 heavy (non-hydrogen) atoms. The van der Waals surface area contributed by atoms with Crippen molar-refractivity contribution in [3.63, 3.8) is 0 Å². The van der Waals surface area contributed by atoms with Crippen LogP contribution in [0, 0.1) is 0 Å². The summed E-state index contributed by atoms with van der Waals surface area (Å²) in [7, 11) is -3.29. The number of sulfonamides is 1. The molecule has 0 radical (unpaired) electrons. The SMILES string of the molecule is CS(=O)(=O)N1CCC(N(CC(=O)O)C(=O)c2noc3c2CCCC3)CC1. The van der Waals surface area contributed by atoms with Crippen molar-refractivity contribution >= 4 is 21.9 Å². The summed E-state index contributed by atoms with van der Waals surface area (Å²) in [4.78, 5) is 25.6. The maximum atomic E-state index is 13.0. The van der Waals surface area contributed by atoms with E-state index in [2.05, 4.69) is 5.16 Å². The number of aliphatic carboxylic acids is 1. The normalized spacial score (nSPS) is 19.1. The lowest BCUT2D eigenvalue weighted by Crippen LogP contribution is -2.50. The van der Waals surface area contributed by atoms with Crippen LogP contribution in [0.3, 0.4) is 0 Å². The Kier molecular flexibility index (Phi) is 5.33. The first kappa shape index (κ1) is 18.8. The molecule has 1 amide bonds. The number of aromatic nitrogens is 1. The first-order chi connectivity index (χ1) is 12.3. The van der Waals surface area contributed by atoms with E-state index in [1.54, 1.807) is 0 Å². The van der Waals surface area contributed by atoms with Crippen LogP contribution in [0.1, 0.15) is 47.5 Å². The predicted octanol–water partition coefficient (Wildman–Crippen LogP) is 0.504. The highest BCUT2D eigenvalue weighted by molar-refractivity contribution is 7.88. The largest absolute Gasteiger partial charge is 0.480 e. The van der Waals surface area contributed by atoms with Gasteiger partial charge in [0.1, 0.15) is 12.3 Å². The van der Waals surface area contributed by atoms with Crippen molar-refractivity contribution in [1.29, 1.82) is 0 Å². The maximum Gasteiger partial charge on any atom is 0.323 e. The Hall–Kier alpha value is -1.94. The van der Waals surface area contributed by atoms with Crippen molar-refractivity contribution in [2.24, 2.45) is 0 Å². The monoisotopic (exact) mass is 385 g/mol. The number of carbonyl (C=O) groups excluding carboxylic acids is 1. The van der Waals surface area contributed by atoms with Crippen molar-refractivity contribution in [3.05, 3.63) is 17.0 Å². The third kappa shape index (κ3) is 3.90. The second-order valence-electron chi connectivity index (χ2n) is 6.86. The number of nitrogens with zero attached hydrogens (tertiary/aromatic N) is 3. The number of carbonyl (C=O) groups is 2. The molecule has 9 nitrogen and oxygen atoms in total. The number of piperidine rings is 1. The molecule has 3 rings (SSSR count). The fraction of sp³-hybridized carbons (Fsp3) is 0.688. The van der Waals surface area contributed by atoms with Crippen LogP contribution in [0.4, 0.5) is 0 Å². The molecular formula is C16H23N3O6S. The van der Waals surface area contributed by atoms with Gasteiger partial charge in [0.05, 0.1) is 6.26 Å². The van der Waals surface area contributed by atoms with Gasteiger partial charge in [-0.3, -0.25) is 9.59 Å². The Labute approximate surface area is 152 Å². The van der Waals surface area contributed by atoms with Crippen LogP contribution in [0.5, 0.6) is 0 Å². The van der Waals surface area contributed by atoms with E-state index in [1.807, 2.05) is 0 Å². The van der Waals surface area contributed by atoms with Gasteiger partial charge in [0.2, 0.25) is 10.0 Å². The lowest BCUT2D eigenvalue weighted by molar-refractivity contribution is -0.138. The Morgan fingerprint density at radius 1 is 1.27 bits per heavy atom. The molecule has 0 atom stereocenters. The van der Waals surface area contributed by atoms with Gasteiger partial charge in [0.25, 0.3) is 5.91 Å². The highest BCUT2D eigenvalue weighted by Gasteiger charge is 2.35. The number of carboxylic acid groups (broad SMARTS) is 1. The molecule has 1 saturated heterocycles. The molecule has 0 saturated carbocycles. The Morgan fingerprint density at radius 3 is 2.54 bits per heavy atom. The number of rotatable bonds is 5. The van der Waals surface area contributed by atoms with Crippen LogP contribution < -0.4 is 0 Å². The van der Waals surface area contributed by atoms with Gasteiger partial charge in [-0.2, -0.15) is 0 Å². The quantitative estimate of drug-likeness (QED) is 0.783. The summed E-state index contributed by atoms with van der Waals surface area (Å²) >= 11 is 0. The Balaban J connectivity index is 1.79. The van der Waals surface area contributed by atoms with E-state index < -0.39 is 28.4 Å². The van der Waals surface area contributed by atoms with E-state index in [1.165, 1.54) is 9.21 Å². The van der Waals surface area contributed by atoms with Gasteiger partial charge in [-0.05, 0) is 32.1 Å². The zero-order valence-corrected chi connectivity index (χ0v) is 15.5. The minimum absolute atomic E-state index is 0.200. The molecule has 1 aromatic rings. The number of amides is 1. The standard InChI is InChI=1S/C16H23N3O6S/c1-26(23,24)18-8-6-11(7-9-18)19(10-14(20)21)16(22)15-12-4-2-3-5-13(12)25-17-15/h11H,2-10H2,1H3,(H,20,21). The van der Waals surface area contributed by atoms with Gasteiger partial charge in [-0.15, -0.1) is 0 Å². The van der Waals surface area contributed by atoms with Gasteiger partial charge < -0.3 is 14.5 Å². The Morgan fingerprint density at radius 2 is 1.92 bits per heavy atom. The van der Waals surface area contributed by atoms with E-state index in [0.717, 1.165) is 31.1 Å². The van der Waals surface area contributed by atoms with E-state index in [9.17, 15) is 23.1 Å². The fourth-order valence-corrected chi connectivity index (χ4v) is 4.56. The summed E-state index contributed by atoms with van der Waals surface area (Å²) in [5.74, 6) is -0.847. The summed E-state index contributed by atoms with van der Waals surface area (Å²) in [5, 5.41) is 13.1. The van der Waals surface area contributed by atoms with Crippen molar-refractivity contribution in [2.75, 3.05) is 25.9 Å². The summed E-state index contributed by atoms with van der Waals surface area (Å²) in [6, 6.07) is -0.340. The van der Waals surface area contributed by atoms with E-state index in [4.69, 9.17) is 4.52 Å². The van der Waals surface area contributed by atoms with Gasteiger partial charge >= 0.3 is 5.97 Å². The number of hydrogen-bond acceptors (Lipinski definition) is 6. The molecule has 0 unspecified atom stereocenters. The predicted molar refractivity (Wildman–Crippen MR) is 91.3 cm³/mol. The molecule has 0 spiro atoms. The lowest BCUT2D eigenvalue weighted by atomic mass is 9.95. The Bertz CT molecular complexity index is 795. The molecule has 0 bridgehead atoms. The summed E-state index contributed by atoms with van der Waals surface area (Å²) < 4.78 is 29.9. The van der Waals surface area contributed by atoms with E-state index in [0.29, 0.717) is 25.0 Å². The molecule has 1 aromatic heterocycles. The first-order valence-corrected chi connectivity index (χ1v) is 10.6. The van der Waals surface area contributed by atoms with Crippen LogP contribution in [0.25, 0.3) is 0 Å². The van der Waals surface area contributed by atoms with Crippen LogP contribution >= 0.6 is 0 Å². The molecule has 1 N–H and O–H groups in total. The zero-order valence-electron chi connectivity index (χ0n) is 14.7. The second-order valence-corrected chi connectivity index (χ2v) is 8.84. The number of aryl methyl sites for hydroxylation is 1. The van der Waals surface area contributed by atoms with Crippen molar-refractivity contribution < 1.29 is 27.6 Å². The molecule has 10 heteroatoms. The smallest absolute Gasteiger partial charge is 0.323 e. The van der Waals surface area contributed by atoms with Crippen molar-refractivity contribution in [2.45, 2.75) is 44.6 Å². The van der Waals surface area contributed by atoms with E-state index >= 15 is 0 Å². The molecule has 0 aromatic carbocycles.